The van der Waals surface area contributed by atoms with E-state index in [9.17, 15) is 5.11 Å². The minimum Gasteiger partial charge on any atom is -0.507 e. The zero-order valence-corrected chi connectivity index (χ0v) is 12.3. The summed E-state index contributed by atoms with van der Waals surface area (Å²) in [6, 6.07) is 5.10. The lowest BCUT2D eigenvalue weighted by Crippen LogP contribution is -2.04. The molecule has 2 rings (SSSR count). The average Bonchev–Trinajstić information content (AvgIpc) is 2.88. The van der Waals surface area contributed by atoms with Crippen molar-refractivity contribution in [1.29, 1.82) is 0 Å². The third kappa shape index (κ3) is 3.13. The Labute approximate surface area is 119 Å². The van der Waals surface area contributed by atoms with Gasteiger partial charge >= 0.3 is 0 Å². The van der Waals surface area contributed by atoms with Crippen molar-refractivity contribution in [2.75, 3.05) is 6.61 Å². The highest BCUT2D eigenvalue weighted by Gasteiger charge is 2.18. The average molecular weight is 327 g/mol. The maximum atomic E-state index is 9.65. The minimum atomic E-state index is -0.161. The van der Waals surface area contributed by atoms with Gasteiger partial charge in [0.05, 0.1) is 4.47 Å². The molecule has 1 heterocycles. The number of aromatic nitrogens is 2. The number of aromatic hydroxyl groups is 1. The number of ether oxygens (including phenoxy) is 1. The Kier molecular flexibility index (Phi) is 4.55. The van der Waals surface area contributed by atoms with Crippen LogP contribution < -0.4 is 0 Å². The number of halogens is 1. The third-order valence-electron chi connectivity index (χ3n) is 2.66. The molecule has 0 saturated carbocycles. The molecule has 0 saturated heterocycles. The molecule has 0 fully saturated rings. The summed E-state index contributed by atoms with van der Waals surface area (Å²) in [4.78, 5) is 4.31. The van der Waals surface area contributed by atoms with Crippen molar-refractivity contribution in [2.45, 2.75) is 26.4 Å². The quantitative estimate of drug-likeness (QED) is 0.907. The van der Waals surface area contributed by atoms with Gasteiger partial charge in [-0.25, -0.2) is 0 Å². The van der Waals surface area contributed by atoms with Gasteiger partial charge in [0.25, 0.3) is 5.89 Å². The number of hydrogen-bond acceptors (Lipinski definition) is 5. The Balaban J connectivity index is 2.27. The molecule has 102 valence electrons. The zero-order chi connectivity index (χ0) is 13.8. The van der Waals surface area contributed by atoms with E-state index in [2.05, 4.69) is 26.1 Å². The second-order valence-corrected chi connectivity index (χ2v) is 4.83. The summed E-state index contributed by atoms with van der Waals surface area (Å²) >= 11 is 3.23. The molecule has 0 bridgehead atoms. The predicted octanol–water partition coefficient (Wildman–Crippen LogP) is 3.69. The van der Waals surface area contributed by atoms with E-state index in [-0.39, 0.29) is 11.9 Å². The van der Waals surface area contributed by atoms with Crippen LogP contribution in [0, 0.1) is 0 Å². The summed E-state index contributed by atoms with van der Waals surface area (Å²) in [6.45, 7) is 4.53. The SMILES string of the molecule is CCOC(CC)c1noc(-c2ccc(Br)c(O)c2)n1. The number of hydrogen-bond donors (Lipinski definition) is 1. The van der Waals surface area contributed by atoms with Gasteiger partial charge in [-0.05, 0) is 47.5 Å². The fraction of sp³-hybridized carbons (Fsp3) is 0.385. The Morgan fingerprint density at radius 3 is 2.84 bits per heavy atom. The highest BCUT2D eigenvalue weighted by molar-refractivity contribution is 9.10. The molecule has 1 atom stereocenters. The number of benzene rings is 1. The van der Waals surface area contributed by atoms with Gasteiger partial charge in [0.15, 0.2) is 0 Å². The fourth-order valence-electron chi connectivity index (χ4n) is 1.70. The molecule has 0 aliphatic heterocycles. The summed E-state index contributed by atoms with van der Waals surface area (Å²) in [5.41, 5.74) is 0.672. The van der Waals surface area contributed by atoms with Crippen LogP contribution in [0.2, 0.25) is 0 Å². The maximum absolute atomic E-state index is 9.65. The molecule has 0 amide bonds. The van der Waals surface area contributed by atoms with Crippen molar-refractivity contribution in [2.24, 2.45) is 0 Å². The van der Waals surface area contributed by atoms with Crippen molar-refractivity contribution in [3.05, 3.63) is 28.5 Å². The highest BCUT2D eigenvalue weighted by Crippen LogP contribution is 2.30. The van der Waals surface area contributed by atoms with Gasteiger partial charge in [-0.15, -0.1) is 0 Å². The molecule has 0 aliphatic carbocycles. The second kappa shape index (κ2) is 6.16. The third-order valence-corrected chi connectivity index (χ3v) is 3.33. The van der Waals surface area contributed by atoms with Crippen molar-refractivity contribution >= 4 is 15.9 Å². The first kappa shape index (κ1) is 14.0. The molecule has 2 aromatic rings. The van der Waals surface area contributed by atoms with Crippen LogP contribution in [0.25, 0.3) is 11.5 Å². The number of phenols is 1. The van der Waals surface area contributed by atoms with Crippen LogP contribution in [0.4, 0.5) is 0 Å². The normalized spacial score (nSPS) is 12.6. The van der Waals surface area contributed by atoms with Gasteiger partial charge in [0.2, 0.25) is 5.82 Å². The van der Waals surface area contributed by atoms with E-state index in [1.165, 1.54) is 0 Å². The largest absolute Gasteiger partial charge is 0.507 e. The smallest absolute Gasteiger partial charge is 0.258 e. The van der Waals surface area contributed by atoms with E-state index in [1.54, 1.807) is 18.2 Å². The Morgan fingerprint density at radius 1 is 1.42 bits per heavy atom. The monoisotopic (exact) mass is 326 g/mol. The lowest BCUT2D eigenvalue weighted by Gasteiger charge is -2.09. The molecule has 6 heteroatoms. The van der Waals surface area contributed by atoms with Gasteiger partial charge < -0.3 is 14.4 Å². The van der Waals surface area contributed by atoms with E-state index >= 15 is 0 Å². The number of nitrogens with zero attached hydrogens (tertiary/aromatic N) is 2. The molecular formula is C13H15BrN2O3. The summed E-state index contributed by atoms with van der Waals surface area (Å²) < 4.78 is 11.4. The molecule has 19 heavy (non-hydrogen) atoms. The standard InChI is InChI=1S/C13H15BrN2O3/c1-3-11(18-4-2)12-15-13(19-16-12)8-5-6-9(14)10(17)7-8/h5-7,11,17H,3-4H2,1-2H3. The number of phenolic OH excluding ortho intramolecular Hbond substituents is 1. The molecule has 1 N–H and O–H groups in total. The van der Waals surface area contributed by atoms with Crippen molar-refractivity contribution < 1.29 is 14.4 Å². The van der Waals surface area contributed by atoms with Crippen LogP contribution in [0.1, 0.15) is 32.2 Å². The van der Waals surface area contributed by atoms with Gasteiger partial charge in [0.1, 0.15) is 11.9 Å². The topological polar surface area (TPSA) is 68.4 Å². The molecule has 1 aromatic carbocycles. The predicted molar refractivity (Wildman–Crippen MR) is 73.8 cm³/mol. The fourth-order valence-corrected chi connectivity index (χ4v) is 1.95. The van der Waals surface area contributed by atoms with Crippen molar-refractivity contribution in [3.63, 3.8) is 0 Å². The van der Waals surface area contributed by atoms with Crippen LogP contribution >= 0.6 is 15.9 Å². The zero-order valence-electron chi connectivity index (χ0n) is 10.8. The van der Waals surface area contributed by atoms with E-state index in [4.69, 9.17) is 9.26 Å². The van der Waals surface area contributed by atoms with Crippen LogP contribution in [0.5, 0.6) is 5.75 Å². The van der Waals surface area contributed by atoms with Crippen molar-refractivity contribution in [1.82, 2.24) is 10.1 Å². The summed E-state index contributed by atoms with van der Waals surface area (Å²) in [5.74, 6) is 1.03. The Hall–Kier alpha value is -1.40. The summed E-state index contributed by atoms with van der Waals surface area (Å²) in [6.07, 6.45) is 0.616. The molecule has 1 aromatic heterocycles. The number of rotatable bonds is 5. The minimum absolute atomic E-state index is 0.133. The summed E-state index contributed by atoms with van der Waals surface area (Å²) in [5, 5.41) is 13.6. The van der Waals surface area contributed by atoms with Crippen LogP contribution in [-0.2, 0) is 4.74 Å². The van der Waals surface area contributed by atoms with E-state index in [0.717, 1.165) is 6.42 Å². The molecule has 0 radical (unpaired) electrons. The van der Waals surface area contributed by atoms with E-state index in [0.29, 0.717) is 28.4 Å². The maximum Gasteiger partial charge on any atom is 0.258 e. The van der Waals surface area contributed by atoms with E-state index < -0.39 is 0 Å². The second-order valence-electron chi connectivity index (χ2n) is 3.98. The summed E-state index contributed by atoms with van der Waals surface area (Å²) in [7, 11) is 0. The van der Waals surface area contributed by atoms with Gasteiger partial charge in [-0.3, -0.25) is 0 Å². The lowest BCUT2D eigenvalue weighted by molar-refractivity contribution is 0.0518. The van der Waals surface area contributed by atoms with Crippen LogP contribution in [0.3, 0.4) is 0 Å². The first-order valence-electron chi connectivity index (χ1n) is 6.09. The van der Waals surface area contributed by atoms with E-state index in [1.807, 2.05) is 13.8 Å². The van der Waals surface area contributed by atoms with Crippen LogP contribution in [0.15, 0.2) is 27.2 Å². The van der Waals surface area contributed by atoms with Gasteiger partial charge in [-0.2, -0.15) is 4.98 Å². The van der Waals surface area contributed by atoms with Gasteiger partial charge in [-0.1, -0.05) is 12.1 Å². The van der Waals surface area contributed by atoms with Crippen molar-refractivity contribution in [3.8, 4) is 17.2 Å². The molecule has 5 nitrogen and oxygen atoms in total. The van der Waals surface area contributed by atoms with Crippen LogP contribution in [-0.4, -0.2) is 21.9 Å². The van der Waals surface area contributed by atoms with Gasteiger partial charge in [0, 0.05) is 12.2 Å². The molecular weight excluding hydrogens is 312 g/mol. The Morgan fingerprint density at radius 2 is 2.21 bits per heavy atom. The highest BCUT2D eigenvalue weighted by atomic mass is 79.9. The molecule has 0 aliphatic rings. The first-order chi connectivity index (χ1) is 9.15. The first-order valence-corrected chi connectivity index (χ1v) is 6.89. The lowest BCUT2D eigenvalue weighted by atomic mass is 10.2. The Bertz CT molecular complexity index is 557. The molecule has 1 unspecified atom stereocenters. The molecule has 0 spiro atoms.